The van der Waals surface area contributed by atoms with Gasteiger partial charge in [-0.1, -0.05) is 33.1 Å². The molecule has 2 atom stereocenters. The highest BCUT2D eigenvalue weighted by Gasteiger charge is 2.54. The molecule has 2 saturated carbocycles. The predicted molar refractivity (Wildman–Crippen MR) is 127 cm³/mol. The summed E-state index contributed by atoms with van der Waals surface area (Å²) in [6, 6.07) is 0. The fourth-order valence-corrected chi connectivity index (χ4v) is 4.95. The number of rotatable bonds is 6. The molecule has 1 heterocycles. The summed E-state index contributed by atoms with van der Waals surface area (Å²) in [6.07, 6.45) is 11.3. The van der Waals surface area contributed by atoms with Crippen LogP contribution < -0.4 is 0 Å². The first-order valence-corrected chi connectivity index (χ1v) is 12.9. The van der Waals surface area contributed by atoms with Gasteiger partial charge in [0, 0.05) is 11.8 Å². The molecule has 1 saturated heterocycles. The van der Waals surface area contributed by atoms with Gasteiger partial charge in [0.05, 0.1) is 17.4 Å². The van der Waals surface area contributed by atoms with Crippen molar-refractivity contribution in [1.82, 2.24) is 0 Å². The van der Waals surface area contributed by atoms with Gasteiger partial charge >= 0.3 is 17.9 Å². The molecule has 1 spiro atoms. The van der Waals surface area contributed by atoms with E-state index < -0.39 is 17.5 Å². The maximum atomic E-state index is 12.5. The number of carbonyl (C=O) groups excluding carboxylic acids is 3. The Morgan fingerprint density at radius 2 is 1.39 bits per heavy atom. The number of cyclic esters (lactones) is 1. The molecule has 0 radical (unpaired) electrons. The summed E-state index contributed by atoms with van der Waals surface area (Å²) < 4.78 is 15.9. The van der Waals surface area contributed by atoms with Crippen LogP contribution in [-0.4, -0.2) is 36.2 Å². The SMILES string of the molecule is CCC(C)(C)C(=O)OC1(C)CCCCC12CCCC2.CCC(C)(C)C(=O)OC1CCOC1=O. The van der Waals surface area contributed by atoms with Gasteiger partial charge in [-0.15, -0.1) is 0 Å². The van der Waals surface area contributed by atoms with E-state index >= 15 is 0 Å². The highest BCUT2D eigenvalue weighted by Crippen LogP contribution is 2.56. The van der Waals surface area contributed by atoms with Crippen molar-refractivity contribution in [3.8, 4) is 0 Å². The normalized spacial score (nSPS) is 26.9. The lowest BCUT2D eigenvalue weighted by molar-refractivity contribution is -0.191. The van der Waals surface area contributed by atoms with Crippen molar-refractivity contribution in [2.24, 2.45) is 16.2 Å². The first-order valence-electron chi connectivity index (χ1n) is 12.9. The summed E-state index contributed by atoms with van der Waals surface area (Å²) in [6.45, 7) is 14.1. The lowest BCUT2D eigenvalue weighted by Crippen LogP contribution is -2.51. The van der Waals surface area contributed by atoms with Crippen LogP contribution in [0.5, 0.6) is 0 Å². The molecule has 6 nitrogen and oxygen atoms in total. The molecule has 0 aromatic rings. The summed E-state index contributed by atoms with van der Waals surface area (Å²) in [5.41, 5.74) is -0.806. The third-order valence-electron chi connectivity index (χ3n) is 8.57. The summed E-state index contributed by atoms with van der Waals surface area (Å²) in [5.74, 6) is -0.750. The van der Waals surface area contributed by atoms with E-state index in [-0.39, 0.29) is 28.4 Å². The standard InChI is InChI=1S/C17H30O2.C10H16O4/c1-5-15(2,3)14(18)19-16(4)10-6-7-11-17(16)12-8-9-13-17;1-4-10(2,3)9(12)14-7-5-6-13-8(7)11/h5-13H2,1-4H3;7H,4-6H2,1-3H3. The van der Waals surface area contributed by atoms with E-state index in [0.29, 0.717) is 19.4 Å². The number of hydrogen-bond donors (Lipinski definition) is 0. The second-order valence-electron chi connectivity index (χ2n) is 11.6. The molecular weight excluding hydrogens is 420 g/mol. The van der Waals surface area contributed by atoms with Crippen molar-refractivity contribution in [2.45, 2.75) is 131 Å². The van der Waals surface area contributed by atoms with Crippen LogP contribution in [0.1, 0.15) is 119 Å². The average Bonchev–Trinajstić information content (AvgIpc) is 3.41. The Morgan fingerprint density at radius 1 is 0.909 bits per heavy atom. The first-order chi connectivity index (χ1) is 15.3. The van der Waals surface area contributed by atoms with Gasteiger partial charge in [-0.05, 0) is 79.6 Å². The summed E-state index contributed by atoms with van der Waals surface area (Å²) in [7, 11) is 0. The molecule has 6 heteroatoms. The van der Waals surface area contributed by atoms with Crippen molar-refractivity contribution in [3.05, 3.63) is 0 Å². The Kier molecular flexibility index (Phi) is 9.03. The summed E-state index contributed by atoms with van der Waals surface area (Å²) in [5, 5.41) is 0. The maximum absolute atomic E-state index is 12.5. The Labute approximate surface area is 200 Å². The largest absolute Gasteiger partial charge is 0.463 e. The lowest BCUT2D eigenvalue weighted by Gasteiger charge is -2.50. The minimum Gasteiger partial charge on any atom is -0.463 e. The molecule has 0 aromatic heterocycles. The molecule has 33 heavy (non-hydrogen) atoms. The Morgan fingerprint density at radius 3 is 1.85 bits per heavy atom. The van der Waals surface area contributed by atoms with Gasteiger partial charge in [0.15, 0.2) is 0 Å². The van der Waals surface area contributed by atoms with Gasteiger partial charge in [-0.2, -0.15) is 0 Å². The summed E-state index contributed by atoms with van der Waals surface area (Å²) in [4.78, 5) is 35.1. The van der Waals surface area contributed by atoms with E-state index in [0.717, 1.165) is 12.8 Å². The van der Waals surface area contributed by atoms with Gasteiger partial charge in [0.1, 0.15) is 5.60 Å². The van der Waals surface area contributed by atoms with E-state index in [1.807, 2.05) is 20.8 Å². The van der Waals surface area contributed by atoms with Crippen LogP contribution in [0, 0.1) is 16.2 Å². The molecular formula is C27H46O6. The van der Waals surface area contributed by atoms with Gasteiger partial charge in [0.25, 0.3) is 0 Å². The minimum absolute atomic E-state index is 0.00525. The molecule has 0 bridgehead atoms. The van der Waals surface area contributed by atoms with Crippen LogP contribution in [-0.2, 0) is 28.6 Å². The lowest BCUT2D eigenvalue weighted by atomic mass is 9.62. The van der Waals surface area contributed by atoms with Crippen LogP contribution in [0.15, 0.2) is 0 Å². The van der Waals surface area contributed by atoms with Crippen molar-refractivity contribution < 1.29 is 28.6 Å². The molecule has 2 aliphatic carbocycles. The van der Waals surface area contributed by atoms with Crippen LogP contribution in [0.25, 0.3) is 0 Å². The molecule has 3 rings (SSSR count). The molecule has 2 unspecified atom stereocenters. The topological polar surface area (TPSA) is 78.9 Å². The molecule has 0 amide bonds. The number of carbonyl (C=O) groups is 3. The predicted octanol–water partition coefficient (Wildman–Crippen LogP) is 6.14. The zero-order chi connectivity index (χ0) is 24.9. The van der Waals surface area contributed by atoms with Crippen LogP contribution in [0.3, 0.4) is 0 Å². The second kappa shape index (κ2) is 10.8. The van der Waals surface area contributed by atoms with Crippen LogP contribution in [0.4, 0.5) is 0 Å². The van der Waals surface area contributed by atoms with Crippen LogP contribution >= 0.6 is 0 Å². The molecule has 0 N–H and O–H groups in total. The monoisotopic (exact) mass is 466 g/mol. The smallest absolute Gasteiger partial charge is 0.347 e. The average molecular weight is 467 g/mol. The number of hydrogen-bond acceptors (Lipinski definition) is 6. The molecule has 3 fully saturated rings. The maximum Gasteiger partial charge on any atom is 0.347 e. The van der Waals surface area contributed by atoms with Gasteiger partial charge < -0.3 is 14.2 Å². The Bertz CT molecular complexity index is 703. The molecule has 190 valence electrons. The number of esters is 3. The van der Waals surface area contributed by atoms with Crippen molar-refractivity contribution in [1.29, 1.82) is 0 Å². The van der Waals surface area contributed by atoms with Crippen molar-refractivity contribution in [2.75, 3.05) is 6.61 Å². The molecule has 3 aliphatic rings. The number of ether oxygens (including phenoxy) is 3. The quantitative estimate of drug-likeness (QED) is 0.345. The Hall–Kier alpha value is -1.59. The highest BCUT2D eigenvalue weighted by atomic mass is 16.6. The minimum atomic E-state index is -0.687. The first kappa shape index (κ1) is 27.7. The van der Waals surface area contributed by atoms with Gasteiger partial charge in [0.2, 0.25) is 6.10 Å². The zero-order valence-corrected chi connectivity index (χ0v) is 22.0. The Balaban J connectivity index is 0.000000245. The fourth-order valence-electron chi connectivity index (χ4n) is 4.95. The van der Waals surface area contributed by atoms with Crippen molar-refractivity contribution >= 4 is 17.9 Å². The molecule has 0 aromatic carbocycles. The van der Waals surface area contributed by atoms with Gasteiger partial charge in [-0.3, -0.25) is 9.59 Å². The summed E-state index contributed by atoms with van der Waals surface area (Å²) >= 11 is 0. The van der Waals surface area contributed by atoms with E-state index in [2.05, 4.69) is 13.8 Å². The highest BCUT2D eigenvalue weighted by molar-refractivity contribution is 5.82. The van der Waals surface area contributed by atoms with E-state index in [4.69, 9.17) is 14.2 Å². The van der Waals surface area contributed by atoms with E-state index in [1.54, 1.807) is 13.8 Å². The van der Waals surface area contributed by atoms with E-state index in [1.165, 1.54) is 44.9 Å². The third kappa shape index (κ3) is 6.30. The third-order valence-corrected chi connectivity index (χ3v) is 8.57. The van der Waals surface area contributed by atoms with Crippen molar-refractivity contribution in [3.63, 3.8) is 0 Å². The van der Waals surface area contributed by atoms with Crippen LogP contribution in [0.2, 0.25) is 0 Å². The molecule has 1 aliphatic heterocycles. The fraction of sp³-hybridized carbons (Fsp3) is 0.889. The van der Waals surface area contributed by atoms with Gasteiger partial charge in [-0.25, -0.2) is 4.79 Å². The second-order valence-corrected chi connectivity index (χ2v) is 11.6. The van der Waals surface area contributed by atoms with E-state index in [9.17, 15) is 14.4 Å². The zero-order valence-electron chi connectivity index (χ0n) is 22.0.